The van der Waals surface area contributed by atoms with Crippen LogP contribution < -0.4 is 5.32 Å². The second-order valence-corrected chi connectivity index (χ2v) is 6.41. The van der Waals surface area contributed by atoms with Crippen LogP contribution in [0.3, 0.4) is 0 Å². The largest absolute Gasteiger partial charge is 0.309 e. The highest BCUT2D eigenvalue weighted by Gasteiger charge is 2.29. The van der Waals surface area contributed by atoms with E-state index in [0.29, 0.717) is 6.04 Å². The fourth-order valence-electron chi connectivity index (χ4n) is 2.21. The van der Waals surface area contributed by atoms with Crippen LogP contribution in [0.1, 0.15) is 49.1 Å². The molecule has 1 fully saturated rings. The monoisotopic (exact) mass is 257 g/mol. The summed E-state index contributed by atoms with van der Waals surface area (Å²) < 4.78 is 0.956. The SMILES string of the molecule is CCCNC(c1cc(C)c(Cl)s1)C1CCC1. The Kier molecular flexibility index (Phi) is 4.28. The van der Waals surface area contributed by atoms with Gasteiger partial charge in [0.05, 0.1) is 4.34 Å². The third kappa shape index (κ3) is 2.61. The van der Waals surface area contributed by atoms with E-state index in [1.165, 1.54) is 36.1 Å². The average Bonchev–Trinajstić information content (AvgIpc) is 2.50. The van der Waals surface area contributed by atoms with Gasteiger partial charge in [-0.25, -0.2) is 0 Å². The van der Waals surface area contributed by atoms with E-state index in [-0.39, 0.29) is 0 Å². The first kappa shape index (κ1) is 12.4. The second kappa shape index (κ2) is 5.52. The molecule has 16 heavy (non-hydrogen) atoms. The molecule has 1 aliphatic carbocycles. The fourth-order valence-corrected chi connectivity index (χ4v) is 3.60. The van der Waals surface area contributed by atoms with Gasteiger partial charge in [-0.15, -0.1) is 11.3 Å². The van der Waals surface area contributed by atoms with E-state index in [0.717, 1.165) is 16.8 Å². The summed E-state index contributed by atoms with van der Waals surface area (Å²) in [6.45, 7) is 5.42. The number of aryl methyl sites for hydroxylation is 1. The number of hydrogen-bond donors (Lipinski definition) is 1. The smallest absolute Gasteiger partial charge is 0.0960 e. The first-order valence-corrected chi connectivity index (χ1v) is 7.41. The lowest BCUT2D eigenvalue weighted by Gasteiger charge is -2.34. The Balaban J connectivity index is 2.10. The third-order valence-electron chi connectivity index (χ3n) is 3.42. The normalized spacial score (nSPS) is 18.4. The standard InChI is InChI=1S/C13H20ClNS/c1-3-7-15-12(10-5-4-6-10)11-8-9(2)13(14)16-11/h8,10,12,15H,3-7H2,1-2H3. The van der Waals surface area contributed by atoms with E-state index in [1.54, 1.807) is 11.3 Å². The predicted octanol–water partition coefficient (Wildman–Crippen LogP) is 4.55. The van der Waals surface area contributed by atoms with E-state index in [4.69, 9.17) is 11.6 Å². The zero-order valence-corrected chi connectivity index (χ0v) is 11.6. The maximum absolute atomic E-state index is 6.16. The van der Waals surface area contributed by atoms with Crippen LogP contribution in [0, 0.1) is 12.8 Å². The molecular weight excluding hydrogens is 238 g/mol. The van der Waals surface area contributed by atoms with Crippen molar-refractivity contribution in [1.29, 1.82) is 0 Å². The van der Waals surface area contributed by atoms with Crippen molar-refractivity contribution in [1.82, 2.24) is 5.32 Å². The zero-order valence-electron chi connectivity index (χ0n) is 10.1. The van der Waals surface area contributed by atoms with Gasteiger partial charge < -0.3 is 5.32 Å². The van der Waals surface area contributed by atoms with Crippen molar-refractivity contribution >= 4 is 22.9 Å². The van der Waals surface area contributed by atoms with Crippen LogP contribution in [0.15, 0.2) is 6.07 Å². The van der Waals surface area contributed by atoms with Crippen molar-refractivity contribution in [3.63, 3.8) is 0 Å². The van der Waals surface area contributed by atoms with Crippen LogP contribution in [0.4, 0.5) is 0 Å². The minimum absolute atomic E-state index is 0.546. The Hall–Kier alpha value is -0.0500. The Morgan fingerprint density at radius 2 is 2.31 bits per heavy atom. The summed E-state index contributed by atoms with van der Waals surface area (Å²) in [7, 11) is 0. The van der Waals surface area contributed by atoms with Crippen molar-refractivity contribution in [2.45, 2.75) is 45.6 Å². The van der Waals surface area contributed by atoms with Crippen molar-refractivity contribution in [3.05, 3.63) is 20.8 Å². The number of hydrogen-bond acceptors (Lipinski definition) is 2. The molecule has 1 aromatic rings. The number of nitrogens with one attached hydrogen (secondary N) is 1. The van der Waals surface area contributed by atoms with Crippen LogP contribution >= 0.6 is 22.9 Å². The molecule has 1 N–H and O–H groups in total. The fraction of sp³-hybridized carbons (Fsp3) is 0.692. The molecule has 1 unspecified atom stereocenters. The maximum atomic E-state index is 6.16. The zero-order chi connectivity index (χ0) is 11.5. The summed E-state index contributed by atoms with van der Waals surface area (Å²) in [6.07, 6.45) is 5.33. The Labute approximate surface area is 107 Å². The van der Waals surface area contributed by atoms with Crippen molar-refractivity contribution in [3.8, 4) is 0 Å². The van der Waals surface area contributed by atoms with Crippen LogP contribution in [0.25, 0.3) is 0 Å². The molecule has 0 aliphatic heterocycles. The van der Waals surface area contributed by atoms with Gasteiger partial charge >= 0.3 is 0 Å². The molecule has 1 aliphatic rings. The lowest BCUT2D eigenvalue weighted by Crippen LogP contribution is -2.32. The van der Waals surface area contributed by atoms with Gasteiger partial charge in [-0.1, -0.05) is 24.9 Å². The summed E-state index contributed by atoms with van der Waals surface area (Å²) in [5, 5.41) is 3.68. The van der Waals surface area contributed by atoms with Crippen molar-refractivity contribution < 1.29 is 0 Å². The van der Waals surface area contributed by atoms with E-state index in [2.05, 4.69) is 25.2 Å². The molecule has 2 rings (SSSR count). The van der Waals surface area contributed by atoms with E-state index in [9.17, 15) is 0 Å². The molecule has 0 spiro atoms. The molecule has 0 radical (unpaired) electrons. The molecule has 90 valence electrons. The van der Waals surface area contributed by atoms with Gasteiger partial charge in [0.2, 0.25) is 0 Å². The highest BCUT2D eigenvalue weighted by atomic mass is 35.5. The Morgan fingerprint density at radius 1 is 1.56 bits per heavy atom. The van der Waals surface area contributed by atoms with Gasteiger partial charge in [-0.3, -0.25) is 0 Å². The van der Waals surface area contributed by atoms with Crippen LogP contribution in [0.5, 0.6) is 0 Å². The Morgan fingerprint density at radius 3 is 2.75 bits per heavy atom. The lowest BCUT2D eigenvalue weighted by molar-refractivity contribution is 0.234. The van der Waals surface area contributed by atoms with Crippen LogP contribution in [-0.2, 0) is 0 Å². The highest BCUT2D eigenvalue weighted by Crippen LogP contribution is 2.41. The van der Waals surface area contributed by atoms with Gasteiger partial charge in [0, 0.05) is 10.9 Å². The average molecular weight is 258 g/mol. The predicted molar refractivity (Wildman–Crippen MR) is 72.4 cm³/mol. The molecule has 1 saturated carbocycles. The number of thiophene rings is 1. The van der Waals surface area contributed by atoms with Gasteiger partial charge in [0.15, 0.2) is 0 Å². The summed E-state index contributed by atoms with van der Waals surface area (Å²) in [6, 6.07) is 2.81. The van der Waals surface area contributed by atoms with Crippen molar-refractivity contribution in [2.24, 2.45) is 5.92 Å². The molecule has 1 nitrogen and oxygen atoms in total. The summed E-state index contributed by atoms with van der Waals surface area (Å²) in [5.74, 6) is 0.834. The molecule has 0 saturated heterocycles. The molecular formula is C13H20ClNS. The van der Waals surface area contributed by atoms with E-state index in [1.807, 2.05) is 0 Å². The first-order chi connectivity index (χ1) is 7.72. The molecule has 0 bridgehead atoms. The molecule has 1 atom stereocenters. The van der Waals surface area contributed by atoms with Gasteiger partial charge in [-0.05, 0) is 50.3 Å². The molecule has 0 aromatic carbocycles. The van der Waals surface area contributed by atoms with Crippen molar-refractivity contribution in [2.75, 3.05) is 6.54 Å². The van der Waals surface area contributed by atoms with Gasteiger partial charge in [0.25, 0.3) is 0 Å². The third-order valence-corrected chi connectivity index (χ3v) is 5.06. The Bertz CT molecular complexity index is 324. The lowest BCUT2D eigenvalue weighted by atomic mass is 9.79. The second-order valence-electron chi connectivity index (χ2n) is 4.73. The molecule has 3 heteroatoms. The summed E-state index contributed by atoms with van der Waals surface area (Å²) >= 11 is 7.92. The van der Waals surface area contributed by atoms with E-state index >= 15 is 0 Å². The molecule has 0 amide bonds. The number of halogens is 1. The minimum atomic E-state index is 0.546. The highest BCUT2D eigenvalue weighted by molar-refractivity contribution is 7.16. The quantitative estimate of drug-likeness (QED) is 0.816. The van der Waals surface area contributed by atoms with Gasteiger partial charge in [-0.2, -0.15) is 0 Å². The molecule has 1 aromatic heterocycles. The molecule has 1 heterocycles. The number of rotatable bonds is 5. The minimum Gasteiger partial charge on any atom is -0.309 e. The van der Waals surface area contributed by atoms with Gasteiger partial charge in [0.1, 0.15) is 0 Å². The van der Waals surface area contributed by atoms with Crippen LogP contribution in [0.2, 0.25) is 4.34 Å². The first-order valence-electron chi connectivity index (χ1n) is 6.21. The maximum Gasteiger partial charge on any atom is 0.0960 e. The van der Waals surface area contributed by atoms with Crippen LogP contribution in [-0.4, -0.2) is 6.54 Å². The topological polar surface area (TPSA) is 12.0 Å². The van der Waals surface area contributed by atoms with E-state index < -0.39 is 0 Å². The summed E-state index contributed by atoms with van der Waals surface area (Å²) in [5.41, 5.74) is 1.23. The summed E-state index contributed by atoms with van der Waals surface area (Å²) in [4.78, 5) is 1.43.